The first-order chi connectivity index (χ1) is 9.60. The summed E-state index contributed by atoms with van der Waals surface area (Å²) >= 11 is 0. The van der Waals surface area contributed by atoms with Crippen LogP contribution in [0.2, 0.25) is 0 Å². The molecule has 0 fully saturated rings. The van der Waals surface area contributed by atoms with Crippen LogP contribution in [-0.2, 0) is 20.7 Å². The molecule has 1 aromatic carbocycles. The molecule has 0 aliphatic rings. The van der Waals surface area contributed by atoms with Gasteiger partial charge in [-0.05, 0) is 24.1 Å². The standard InChI is InChI=1S/C14H19NO5/c1-3-10-4-6-11(7-5-10)20-9-13(17)15-12(8-16)14(18)19-2/h4-7,12,16H,3,8-9H2,1-2H3,(H,15,17). The van der Waals surface area contributed by atoms with Gasteiger partial charge in [-0.2, -0.15) is 0 Å². The minimum Gasteiger partial charge on any atom is -0.484 e. The summed E-state index contributed by atoms with van der Waals surface area (Å²) in [4.78, 5) is 22.8. The predicted octanol–water partition coefficient (Wildman–Crippen LogP) is 0.278. The van der Waals surface area contributed by atoms with Crippen molar-refractivity contribution < 1.29 is 24.2 Å². The van der Waals surface area contributed by atoms with Gasteiger partial charge in [-0.3, -0.25) is 4.79 Å². The zero-order valence-electron chi connectivity index (χ0n) is 11.6. The maximum absolute atomic E-state index is 11.6. The molecule has 0 heterocycles. The van der Waals surface area contributed by atoms with Crippen molar-refractivity contribution in [2.24, 2.45) is 0 Å². The third-order valence-corrected chi connectivity index (χ3v) is 2.71. The van der Waals surface area contributed by atoms with Gasteiger partial charge in [-0.1, -0.05) is 19.1 Å². The molecule has 1 unspecified atom stereocenters. The van der Waals surface area contributed by atoms with Crippen LogP contribution in [0.3, 0.4) is 0 Å². The number of carbonyl (C=O) groups excluding carboxylic acids is 2. The summed E-state index contributed by atoms with van der Waals surface area (Å²) in [5.74, 6) is -0.641. The van der Waals surface area contributed by atoms with E-state index in [1.165, 1.54) is 12.7 Å². The van der Waals surface area contributed by atoms with E-state index in [1.54, 1.807) is 12.1 Å². The van der Waals surface area contributed by atoms with Crippen LogP contribution in [0, 0.1) is 0 Å². The second-order valence-corrected chi connectivity index (χ2v) is 4.11. The molecular formula is C14H19NO5. The Morgan fingerprint density at radius 2 is 1.95 bits per heavy atom. The normalized spacial score (nSPS) is 11.6. The zero-order valence-corrected chi connectivity index (χ0v) is 11.6. The fourth-order valence-electron chi connectivity index (χ4n) is 1.53. The molecule has 0 saturated carbocycles. The van der Waals surface area contributed by atoms with Gasteiger partial charge in [-0.25, -0.2) is 4.79 Å². The van der Waals surface area contributed by atoms with Crippen LogP contribution in [0.5, 0.6) is 5.75 Å². The van der Waals surface area contributed by atoms with Gasteiger partial charge in [0.05, 0.1) is 13.7 Å². The first-order valence-corrected chi connectivity index (χ1v) is 6.30. The van der Waals surface area contributed by atoms with Crippen molar-refractivity contribution >= 4 is 11.9 Å². The molecule has 0 aromatic heterocycles. The number of methoxy groups -OCH3 is 1. The molecule has 0 radical (unpaired) electrons. The molecule has 20 heavy (non-hydrogen) atoms. The highest BCUT2D eigenvalue weighted by Crippen LogP contribution is 2.12. The van der Waals surface area contributed by atoms with Crippen molar-refractivity contribution in [1.29, 1.82) is 0 Å². The summed E-state index contributed by atoms with van der Waals surface area (Å²) in [5, 5.41) is 11.3. The van der Waals surface area contributed by atoms with Crippen molar-refractivity contribution in [3.63, 3.8) is 0 Å². The summed E-state index contributed by atoms with van der Waals surface area (Å²) in [6, 6.07) is 6.31. The Balaban J connectivity index is 2.43. The fraction of sp³-hybridized carbons (Fsp3) is 0.429. The summed E-state index contributed by atoms with van der Waals surface area (Å²) in [6.07, 6.45) is 0.929. The van der Waals surface area contributed by atoms with Crippen molar-refractivity contribution in [1.82, 2.24) is 5.32 Å². The van der Waals surface area contributed by atoms with Gasteiger partial charge in [0.1, 0.15) is 5.75 Å². The van der Waals surface area contributed by atoms with Gasteiger partial charge in [0.2, 0.25) is 0 Å². The van der Waals surface area contributed by atoms with Gasteiger partial charge in [0, 0.05) is 0 Å². The van der Waals surface area contributed by atoms with E-state index in [1.807, 2.05) is 19.1 Å². The average Bonchev–Trinajstić information content (AvgIpc) is 2.50. The fourth-order valence-corrected chi connectivity index (χ4v) is 1.53. The van der Waals surface area contributed by atoms with E-state index in [9.17, 15) is 9.59 Å². The highest BCUT2D eigenvalue weighted by molar-refractivity contribution is 5.85. The summed E-state index contributed by atoms with van der Waals surface area (Å²) in [5.41, 5.74) is 1.17. The number of esters is 1. The van der Waals surface area contributed by atoms with Crippen LogP contribution < -0.4 is 10.1 Å². The molecule has 1 amide bonds. The van der Waals surface area contributed by atoms with Crippen LogP contribution in [-0.4, -0.2) is 43.3 Å². The summed E-state index contributed by atoms with van der Waals surface area (Å²) in [7, 11) is 1.18. The number of aliphatic hydroxyl groups excluding tert-OH is 1. The van der Waals surface area contributed by atoms with Crippen molar-refractivity contribution in [2.45, 2.75) is 19.4 Å². The first-order valence-electron chi connectivity index (χ1n) is 6.30. The second kappa shape index (κ2) is 8.16. The number of hydrogen-bond acceptors (Lipinski definition) is 5. The van der Waals surface area contributed by atoms with Crippen LogP contribution in [0.4, 0.5) is 0 Å². The Labute approximate surface area is 117 Å². The minimum atomic E-state index is -1.07. The third kappa shape index (κ3) is 4.89. The lowest BCUT2D eigenvalue weighted by Gasteiger charge is -2.14. The number of aliphatic hydroxyl groups is 1. The third-order valence-electron chi connectivity index (χ3n) is 2.71. The maximum atomic E-state index is 11.6. The largest absolute Gasteiger partial charge is 0.484 e. The van der Waals surface area contributed by atoms with E-state index in [0.717, 1.165) is 6.42 Å². The number of hydrogen-bond donors (Lipinski definition) is 2. The Bertz CT molecular complexity index is 443. The van der Waals surface area contributed by atoms with E-state index in [0.29, 0.717) is 5.75 Å². The maximum Gasteiger partial charge on any atom is 0.330 e. The van der Waals surface area contributed by atoms with Gasteiger partial charge in [0.25, 0.3) is 5.91 Å². The lowest BCUT2D eigenvalue weighted by molar-refractivity contribution is -0.146. The van der Waals surface area contributed by atoms with Gasteiger partial charge in [0.15, 0.2) is 12.6 Å². The van der Waals surface area contributed by atoms with E-state index < -0.39 is 24.5 Å². The molecule has 0 aliphatic carbocycles. The smallest absolute Gasteiger partial charge is 0.330 e. The van der Waals surface area contributed by atoms with Crippen molar-refractivity contribution in [2.75, 3.05) is 20.3 Å². The van der Waals surface area contributed by atoms with E-state index in [2.05, 4.69) is 10.1 Å². The second-order valence-electron chi connectivity index (χ2n) is 4.11. The lowest BCUT2D eigenvalue weighted by Crippen LogP contribution is -2.45. The first kappa shape index (κ1) is 16.0. The van der Waals surface area contributed by atoms with Crippen LogP contribution >= 0.6 is 0 Å². The van der Waals surface area contributed by atoms with E-state index >= 15 is 0 Å². The molecular weight excluding hydrogens is 262 g/mol. The molecule has 1 atom stereocenters. The molecule has 2 N–H and O–H groups in total. The van der Waals surface area contributed by atoms with Crippen LogP contribution in [0.1, 0.15) is 12.5 Å². The van der Waals surface area contributed by atoms with Crippen molar-refractivity contribution in [3.8, 4) is 5.75 Å². The van der Waals surface area contributed by atoms with E-state index in [4.69, 9.17) is 9.84 Å². The molecule has 0 spiro atoms. The molecule has 0 bridgehead atoms. The molecule has 1 aromatic rings. The van der Waals surface area contributed by atoms with E-state index in [-0.39, 0.29) is 6.61 Å². The monoisotopic (exact) mass is 281 g/mol. The Hall–Kier alpha value is -2.08. The molecule has 6 nitrogen and oxygen atoms in total. The number of aryl methyl sites for hydroxylation is 1. The summed E-state index contributed by atoms with van der Waals surface area (Å²) < 4.78 is 9.72. The molecule has 0 saturated heterocycles. The number of carbonyl (C=O) groups is 2. The highest BCUT2D eigenvalue weighted by atomic mass is 16.5. The molecule has 6 heteroatoms. The topological polar surface area (TPSA) is 84.9 Å². The van der Waals surface area contributed by atoms with Gasteiger partial charge in [-0.15, -0.1) is 0 Å². The molecule has 110 valence electrons. The summed E-state index contributed by atoms with van der Waals surface area (Å²) in [6.45, 7) is 1.29. The van der Waals surface area contributed by atoms with Gasteiger partial charge >= 0.3 is 5.97 Å². The van der Waals surface area contributed by atoms with Crippen molar-refractivity contribution in [3.05, 3.63) is 29.8 Å². The minimum absolute atomic E-state index is 0.237. The average molecular weight is 281 g/mol. The molecule has 1 rings (SSSR count). The lowest BCUT2D eigenvalue weighted by atomic mass is 10.2. The number of rotatable bonds is 7. The number of amides is 1. The van der Waals surface area contributed by atoms with Crippen LogP contribution in [0.15, 0.2) is 24.3 Å². The Morgan fingerprint density at radius 3 is 2.45 bits per heavy atom. The molecule has 0 aliphatic heterocycles. The SMILES string of the molecule is CCc1ccc(OCC(=O)NC(CO)C(=O)OC)cc1. The van der Waals surface area contributed by atoms with Crippen LogP contribution in [0.25, 0.3) is 0 Å². The Kier molecular flexibility index (Phi) is 6.52. The van der Waals surface area contributed by atoms with Gasteiger partial charge < -0.3 is 19.9 Å². The predicted molar refractivity (Wildman–Crippen MR) is 72.3 cm³/mol. The number of ether oxygens (including phenoxy) is 2. The highest BCUT2D eigenvalue weighted by Gasteiger charge is 2.20. The quantitative estimate of drug-likeness (QED) is 0.701. The number of benzene rings is 1. The zero-order chi connectivity index (χ0) is 15.0. The number of nitrogens with one attached hydrogen (secondary N) is 1. The Morgan fingerprint density at radius 1 is 1.30 bits per heavy atom.